The number of fused-ring (bicyclic) bond motifs is 10. The van der Waals surface area contributed by atoms with Crippen molar-refractivity contribution in [3.63, 3.8) is 0 Å². The van der Waals surface area contributed by atoms with Crippen LogP contribution in [0.15, 0.2) is 170 Å². The molecule has 0 radical (unpaired) electrons. The molecule has 7 aromatic carbocycles. The fraction of sp³-hybridized carbons (Fsp3) is 0.0417. The van der Waals surface area contributed by atoms with Crippen LogP contribution in [0.3, 0.4) is 0 Å². The lowest BCUT2D eigenvalue weighted by Gasteiger charge is -2.17. The molecule has 0 unspecified atom stereocenters. The molecule has 1 aliphatic rings. The second-order valence-corrected chi connectivity index (χ2v) is 14.7. The highest BCUT2D eigenvalue weighted by Gasteiger charge is 2.29. The molecule has 2 nitrogen and oxygen atoms in total. The molecule has 0 atom stereocenters. The first-order valence-electron chi connectivity index (χ1n) is 17.7. The maximum atomic E-state index is 2.55. The summed E-state index contributed by atoms with van der Waals surface area (Å²) in [7, 11) is 0. The molecule has 0 bridgehead atoms. The Morgan fingerprint density at radius 3 is 1.69 bits per heavy atom. The van der Waals surface area contributed by atoms with E-state index < -0.39 is 0 Å². The zero-order valence-electron chi connectivity index (χ0n) is 27.9. The zero-order valence-corrected chi connectivity index (χ0v) is 28.7. The minimum Gasteiger partial charge on any atom is -0.309 e. The molecule has 0 saturated heterocycles. The Hall–Kier alpha value is -6.16. The van der Waals surface area contributed by atoms with Crippen molar-refractivity contribution in [3.05, 3.63) is 181 Å². The first-order valence-corrected chi connectivity index (χ1v) is 18.5. The van der Waals surface area contributed by atoms with Crippen molar-refractivity contribution >= 4 is 54.1 Å². The summed E-state index contributed by atoms with van der Waals surface area (Å²) >= 11 is 1.95. The molecular formula is C48H32N2S. The molecule has 0 amide bonds. The van der Waals surface area contributed by atoms with Gasteiger partial charge in [0.2, 0.25) is 0 Å². The maximum absolute atomic E-state index is 2.55. The van der Waals surface area contributed by atoms with Gasteiger partial charge in [0.15, 0.2) is 0 Å². The number of nitrogens with zero attached hydrogens (tertiary/aromatic N) is 2. The van der Waals surface area contributed by atoms with Crippen LogP contribution in [0.1, 0.15) is 11.1 Å². The fourth-order valence-electron chi connectivity index (χ4n) is 8.55. The molecule has 0 fully saturated rings. The van der Waals surface area contributed by atoms with Gasteiger partial charge in [-0.1, -0.05) is 115 Å². The first-order chi connectivity index (χ1) is 25.3. The Balaban J connectivity index is 1.25. The second kappa shape index (κ2) is 11.2. The van der Waals surface area contributed by atoms with Crippen LogP contribution in [0, 0.1) is 0 Å². The number of hydrogen-bond acceptors (Lipinski definition) is 1. The Bertz CT molecular complexity index is 2890. The highest BCUT2D eigenvalue weighted by atomic mass is 32.1. The molecule has 240 valence electrons. The third-order valence-corrected chi connectivity index (χ3v) is 12.0. The fourth-order valence-corrected chi connectivity index (χ4v) is 9.87. The van der Waals surface area contributed by atoms with E-state index in [2.05, 4.69) is 179 Å². The van der Waals surface area contributed by atoms with Crippen LogP contribution in [0.25, 0.3) is 87.0 Å². The van der Waals surface area contributed by atoms with Gasteiger partial charge in [0.25, 0.3) is 0 Å². The van der Waals surface area contributed by atoms with E-state index >= 15 is 0 Å². The average molecular weight is 669 g/mol. The highest BCUT2D eigenvalue weighted by Crippen LogP contribution is 2.49. The summed E-state index contributed by atoms with van der Waals surface area (Å²) in [5.41, 5.74) is 15.2. The summed E-state index contributed by atoms with van der Waals surface area (Å²) in [5, 5.41) is 5.33. The van der Waals surface area contributed by atoms with Crippen LogP contribution < -0.4 is 0 Å². The molecular weight excluding hydrogens is 637 g/mol. The van der Waals surface area contributed by atoms with E-state index in [1.165, 1.54) is 92.4 Å². The van der Waals surface area contributed by atoms with Gasteiger partial charge in [0.05, 0.1) is 27.1 Å². The lowest BCUT2D eigenvalue weighted by Crippen LogP contribution is -2.04. The topological polar surface area (TPSA) is 9.86 Å². The molecule has 3 heterocycles. The number of rotatable bonds is 4. The van der Waals surface area contributed by atoms with Gasteiger partial charge in [-0.3, -0.25) is 0 Å². The van der Waals surface area contributed by atoms with Crippen molar-refractivity contribution in [2.45, 2.75) is 12.8 Å². The lowest BCUT2D eigenvalue weighted by molar-refractivity contribution is 0.950. The summed E-state index contributed by atoms with van der Waals surface area (Å²) in [6.07, 6.45) is 2.09. The lowest BCUT2D eigenvalue weighted by atomic mass is 9.92. The first kappa shape index (κ1) is 28.7. The minimum absolute atomic E-state index is 1.03. The average Bonchev–Trinajstić information content (AvgIpc) is 3.85. The van der Waals surface area contributed by atoms with Gasteiger partial charge in [0.1, 0.15) is 0 Å². The zero-order chi connectivity index (χ0) is 33.5. The number of benzene rings is 7. The molecule has 0 saturated carbocycles. The SMILES string of the molecule is c1ccc(-c2cc(-c3ccccc3)cc(-n3c4ccccc4c4cc5c6c(n(-c7ccccc7)c5cc43)-c3sc4ccccc4c3CC6)c2)cc1. The van der Waals surface area contributed by atoms with E-state index in [-0.39, 0.29) is 0 Å². The van der Waals surface area contributed by atoms with Gasteiger partial charge in [-0.2, -0.15) is 0 Å². The Morgan fingerprint density at radius 1 is 0.373 bits per heavy atom. The van der Waals surface area contributed by atoms with Crippen LogP contribution in [-0.4, -0.2) is 9.13 Å². The molecule has 1 aliphatic carbocycles. The van der Waals surface area contributed by atoms with Crippen LogP contribution in [0.4, 0.5) is 0 Å². The van der Waals surface area contributed by atoms with Crippen LogP contribution in [0.5, 0.6) is 0 Å². The van der Waals surface area contributed by atoms with Gasteiger partial charge in [0, 0.05) is 32.2 Å². The molecule has 0 aliphatic heterocycles. The van der Waals surface area contributed by atoms with Crippen LogP contribution >= 0.6 is 11.3 Å². The monoisotopic (exact) mass is 668 g/mol. The van der Waals surface area contributed by atoms with E-state index in [1.807, 2.05) is 11.3 Å². The van der Waals surface area contributed by atoms with Crippen LogP contribution in [0.2, 0.25) is 0 Å². The predicted molar refractivity (Wildman–Crippen MR) is 217 cm³/mol. The number of para-hydroxylation sites is 2. The highest BCUT2D eigenvalue weighted by molar-refractivity contribution is 7.22. The van der Waals surface area contributed by atoms with Gasteiger partial charge >= 0.3 is 0 Å². The Labute approximate surface area is 300 Å². The van der Waals surface area contributed by atoms with Crippen molar-refractivity contribution < 1.29 is 0 Å². The molecule has 3 heteroatoms. The molecule has 51 heavy (non-hydrogen) atoms. The van der Waals surface area contributed by atoms with E-state index in [0.29, 0.717) is 0 Å². The largest absolute Gasteiger partial charge is 0.309 e. The number of thiophene rings is 1. The van der Waals surface area contributed by atoms with Crippen molar-refractivity contribution in [2.75, 3.05) is 0 Å². The third kappa shape index (κ3) is 4.35. The molecule has 0 spiro atoms. The second-order valence-electron chi connectivity index (χ2n) is 13.6. The van der Waals surface area contributed by atoms with Gasteiger partial charge < -0.3 is 9.13 Å². The maximum Gasteiger partial charge on any atom is 0.0676 e. The summed E-state index contributed by atoms with van der Waals surface area (Å²) in [6, 6.07) is 62.4. The minimum atomic E-state index is 1.03. The molecule has 3 aromatic heterocycles. The predicted octanol–water partition coefficient (Wildman–Crippen LogP) is 13.0. The van der Waals surface area contributed by atoms with E-state index in [0.717, 1.165) is 18.5 Å². The van der Waals surface area contributed by atoms with Gasteiger partial charge in [-0.05, 0) is 106 Å². The van der Waals surface area contributed by atoms with E-state index in [9.17, 15) is 0 Å². The smallest absolute Gasteiger partial charge is 0.0676 e. The van der Waals surface area contributed by atoms with Crippen molar-refractivity contribution in [2.24, 2.45) is 0 Å². The van der Waals surface area contributed by atoms with Gasteiger partial charge in [-0.25, -0.2) is 0 Å². The standard InChI is InChI=1S/C48H32N2S/c1-4-14-31(15-5-1)33-26-34(32-16-6-2-7-17-32)28-36(27-33)49-43-22-12-10-20-37(43)41-29-42-39-24-25-40-38-21-11-13-23-46(38)51-48(40)47(39)50(45(42)30-44(41)49)35-18-8-3-9-19-35/h1-23,26-30H,24-25H2. The van der Waals surface area contributed by atoms with Crippen LogP contribution in [-0.2, 0) is 12.8 Å². The third-order valence-electron chi connectivity index (χ3n) is 10.8. The number of hydrogen-bond donors (Lipinski definition) is 0. The summed E-state index contributed by atoms with van der Waals surface area (Å²) in [4.78, 5) is 1.41. The quantitative estimate of drug-likeness (QED) is 0.177. The van der Waals surface area contributed by atoms with Gasteiger partial charge in [-0.15, -0.1) is 11.3 Å². The number of aromatic nitrogens is 2. The number of aryl methyl sites for hydroxylation is 2. The Morgan fingerprint density at radius 2 is 0.961 bits per heavy atom. The molecule has 0 N–H and O–H groups in total. The van der Waals surface area contributed by atoms with Crippen molar-refractivity contribution in [3.8, 4) is 44.2 Å². The summed E-state index contributed by atoms with van der Waals surface area (Å²) in [5.74, 6) is 0. The normalized spacial score (nSPS) is 12.5. The molecule has 10 aromatic rings. The van der Waals surface area contributed by atoms with E-state index in [4.69, 9.17) is 0 Å². The summed E-state index contributed by atoms with van der Waals surface area (Å²) < 4.78 is 6.42. The van der Waals surface area contributed by atoms with Crippen molar-refractivity contribution in [1.29, 1.82) is 0 Å². The summed E-state index contributed by atoms with van der Waals surface area (Å²) in [6.45, 7) is 0. The molecule has 11 rings (SSSR count). The Kier molecular flexibility index (Phi) is 6.28. The van der Waals surface area contributed by atoms with E-state index in [1.54, 1.807) is 0 Å². The van der Waals surface area contributed by atoms with Crippen molar-refractivity contribution in [1.82, 2.24) is 9.13 Å².